The van der Waals surface area contributed by atoms with E-state index in [2.05, 4.69) is 42.3 Å². The minimum absolute atomic E-state index is 0.529. The molecule has 0 saturated carbocycles. The van der Waals surface area contributed by atoms with Crippen molar-refractivity contribution in [3.05, 3.63) is 35.9 Å². The van der Waals surface area contributed by atoms with Gasteiger partial charge in [-0.2, -0.15) is 0 Å². The van der Waals surface area contributed by atoms with Crippen molar-refractivity contribution in [2.75, 3.05) is 20.1 Å². The van der Waals surface area contributed by atoms with Gasteiger partial charge in [0.25, 0.3) is 0 Å². The molecule has 2 rings (SSSR count). The Balaban J connectivity index is 2.23. The fourth-order valence-electron chi connectivity index (χ4n) is 2.45. The first-order valence-electron chi connectivity index (χ1n) is 5.28. The van der Waals surface area contributed by atoms with E-state index in [4.69, 9.17) is 5.73 Å². The van der Waals surface area contributed by atoms with Crippen molar-refractivity contribution in [3.63, 3.8) is 0 Å². The van der Waals surface area contributed by atoms with E-state index in [0.29, 0.717) is 12.0 Å². The molecule has 0 unspecified atom stereocenters. The summed E-state index contributed by atoms with van der Waals surface area (Å²) in [6, 6.07) is 11.2. The van der Waals surface area contributed by atoms with Crippen LogP contribution >= 0.6 is 0 Å². The van der Waals surface area contributed by atoms with E-state index in [1.54, 1.807) is 0 Å². The lowest BCUT2D eigenvalue weighted by atomic mass is 9.94. The van der Waals surface area contributed by atoms with Crippen molar-refractivity contribution in [2.45, 2.75) is 12.5 Å². The maximum absolute atomic E-state index is 5.80. The Kier molecular flexibility index (Phi) is 2.85. The molecule has 0 bridgehead atoms. The fraction of sp³-hybridized carbons (Fsp3) is 0.500. The number of nitrogens with zero attached hydrogens (tertiary/aromatic N) is 1. The van der Waals surface area contributed by atoms with Crippen LogP contribution < -0.4 is 5.73 Å². The Labute approximate surface area is 85.7 Å². The summed E-state index contributed by atoms with van der Waals surface area (Å²) in [4.78, 5) is 2.41. The van der Waals surface area contributed by atoms with Crippen molar-refractivity contribution in [2.24, 2.45) is 11.7 Å². The molecule has 14 heavy (non-hydrogen) atoms. The van der Waals surface area contributed by atoms with E-state index in [-0.39, 0.29) is 0 Å². The van der Waals surface area contributed by atoms with Gasteiger partial charge in [0.1, 0.15) is 0 Å². The molecule has 1 aliphatic rings. The number of hydrogen-bond donors (Lipinski definition) is 1. The average Bonchev–Trinajstić information content (AvgIpc) is 2.61. The summed E-state index contributed by atoms with van der Waals surface area (Å²) >= 11 is 0. The molecule has 0 amide bonds. The summed E-state index contributed by atoms with van der Waals surface area (Å²) in [5, 5.41) is 0. The Morgan fingerprint density at radius 3 is 2.71 bits per heavy atom. The van der Waals surface area contributed by atoms with E-state index >= 15 is 0 Å². The van der Waals surface area contributed by atoms with Gasteiger partial charge in [0.15, 0.2) is 0 Å². The number of rotatable bonds is 2. The second-order valence-corrected chi connectivity index (χ2v) is 4.12. The standard InChI is InChI=1S/C12H18N2/c1-14-8-7-11(9-13)12(14)10-5-3-2-4-6-10/h2-6,11-12H,7-9,13H2,1H3/t11-,12+/m1/s1. The number of benzene rings is 1. The molecular weight excluding hydrogens is 172 g/mol. The van der Waals surface area contributed by atoms with Crippen LogP contribution in [0.15, 0.2) is 30.3 Å². The third-order valence-electron chi connectivity index (χ3n) is 3.22. The lowest BCUT2D eigenvalue weighted by Crippen LogP contribution is -2.25. The average molecular weight is 190 g/mol. The lowest BCUT2D eigenvalue weighted by molar-refractivity contribution is 0.279. The van der Waals surface area contributed by atoms with E-state index in [0.717, 1.165) is 6.54 Å². The number of hydrogen-bond acceptors (Lipinski definition) is 2. The molecule has 1 fully saturated rings. The molecule has 0 spiro atoms. The SMILES string of the molecule is CN1CC[C@H](CN)[C@@H]1c1ccccc1. The van der Waals surface area contributed by atoms with Crippen LogP contribution in [-0.4, -0.2) is 25.0 Å². The van der Waals surface area contributed by atoms with Crippen LogP contribution in [0.1, 0.15) is 18.0 Å². The Bertz CT molecular complexity index is 284. The van der Waals surface area contributed by atoms with Crippen LogP contribution in [0.5, 0.6) is 0 Å². The van der Waals surface area contributed by atoms with Crippen LogP contribution in [0.25, 0.3) is 0 Å². The lowest BCUT2D eigenvalue weighted by Gasteiger charge is -2.24. The Morgan fingerprint density at radius 1 is 1.36 bits per heavy atom. The zero-order valence-corrected chi connectivity index (χ0v) is 8.69. The summed E-state index contributed by atoms with van der Waals surface area (Å²) in [5.41, 5.74) is 7.20. The van der Waals surface area contributed by atoms with E-state index < -0.39 is 0 Å². The predicted molar refractivity (Wildman–Crippen MR) is 59.0 cm³/mol. The second-order valence-electron chi connectivity index (χ2n) is 4.12. The molecule has 76 valence electrons. The first kappa shape index (κ1) is 9.69. The molecule has 2 atom stereocenters. The van der Waals surface area contributed by atoms with E-state index in [1.165, 1.54) is 18.5 Å². The highest BCUT2D eigenvalue weighted by Gasteiger charge is 2.31. The van der Waals surface area contributed by atoms with Gasteiger partial charge in [-0.15, -0.1) is 0 Å². The normalized spacial score (nSPS) is 28.1. The molecule has 1 aromatic carbocycles. The maximum atomic E-state index is 5.80. The van der Waals surface area contributed by atoms with Gasteiger partial charge in [-0.1, -0.05) is 30.3 Å². The highest BCUT2D eigenvalue weighted by Crippen LogP contribution is 2.34. The monoisotopic (exact) mass is 190 g/mol. The van der Waals surface area contributed by atoms with Gasteiger partial charge < -0.3 is 5.73 Å². The minimum Gasteiger partial charge on any atom is -0.330 e. The smallest absolute Gasteiger partial charge is 0.0385 e. The highest BCUT2D eigenvalue weighted by atomic mass is 15.2. The van der Waals surface area contributed by atoms with Gasteiger partial charge in [0.05, 0.1) is 0 Å². The van der Waals surface area contributed by atoms with E-state index in [9.17, 15) is 0 Å². The van der Waals surface area contributed by atoms with Crippen molar-refractivity contribution < 1.29 is 0 Å². The maximum Gasteiger partial charge on any atom is 0.0385 e. The van der Waals surface area contributed by atoms with Gasteiger partial charge in [0, 0.05) is 6.04 Å². The summed E-state index contributed by atoms with van der Waals surface area (Å²) in [7, 11) is 2.19. The van der Waals surface area contributed by atoms with Crippen molar-refractivity contribution in [1.82, 2.24) is 4.90 Å². The summed E-state index contributed by atoms with van der Waals surface area (Å²) in [5.74, 6) is 0.627. The molecule has 1 saturated heterocycles. The highest BCUT2D eigenvalue weighted by molar-refractivity contribution is 5.21. The van der Waals surface area contributed by atoms with Gasteiger partial charge in [-0.3, -0.25) is 4.90 Å². The Hall–Kier alpha value is -0.860. The van der Waals surface area contributed by atoms with Gasteiger partial charge in [0.2, 0.25) is 0 Å². The first-order valence-corrected chi connectivity index (χ1v) is 5.28. The molecule has 1 heterocycles. The zero-order chi connectivity index (χ0) is 9.97. The molecule has 0 radical (unpaired) electrons. The summed E-state index contributed by atoms with van der Waals surface area (Å²) < 4.78 is 0. The minimum atomic E-state index is 0.529. The molecule has 2 N–H and O–H groups in total. The van der Waals surface area contributed by atoms with Gasteiger partial charge >= 0.3 is 0 Å². The molecule has 1 aliphatic heterocycles. The largest absolute Gasteiger partial charge is 0.330 e. The quantitative estimate of drug-likeness (QED) is 0.768. The topological polar surface area (TPSA) is 29.3 Å². The third kappa shape index (κ3) is 1.68. The van der Waals surface area contributed by atoms with Gasteiger partial charge in [-0.05, 0) is 38.0 Å². The number of likely N-dealkylation sites (tertiary alicyclic amines) is 1. The third-order valence-corrected chi connectivity index (χ3v) is 3.22. The van der Waals surface area contributed by atoms with Crippen molar-refractivity contribution in [1.29, 1.82) is 0 Å². The number of nitrogens with two attached hydrogens (primary N) is 1. The molecule has 2 nitrogen and oxygen atoms in total. The predicted octanol–water partition coefficient (Wildman–Crippen LogP) is 1.64. The van der Waals surface area contributed by atoms with Crippen LogP contribution in [0, 0.1) is 5.92 Å². The molecule has 2 heteroatoms. The van der Waals surface area contributed by atoms with Crippen LogP contribution in [-0.2, 0) is 0 Å². The Morgan fingerprint density at radius 2 is 2.07 bits per heavy atom. The molecule has 0 aromatic heterocycles. The van der Waals surface area contributed by atoms with Gasteiger partial charge in [-0.25, -0.2) is 0 Å². The van der Waals surface area contributed by atoms with Crippen LogP contribution in [0.2, 0.25) is 0 Å². The molecule has 0 aliphatic carbocycles. The molecule has 1 aromatic rings. The summed E-state index contributed by atoms with van der Waals surface area (Å²) in [6.07, 6.45) is 1.23. The molecular formula is C12H18N2. The van der Waals surface area contributed by atoms with Crippen molar-refractivity contribution in [3.8, 4) is 0 Å². The first-order chi connectivity index (χ1) is 6.83. The summed E-state index contributed by atoms with van der Waals surface area (Å²) in [6.45, 7) is 1.96. The van der Waals surface area contributed by atoms with E-state index in [1.807, 2.05) is 0 Å². The second kappa shape index (κ2) is 4.11. The fourth-order valence-corrected chi connectivity index (χ4v) is 2.45. The zero-order valence-electron chi connectivity index (χ0n) is 8.69. The van der Waals surface area contributed by atoms with Crippen LogP contribution in [0.4, 0.5) is 0 Å². The van der Waals surface area contributed by atoms with Crippen LogP contribution in [0.3, 0.4) is 0 Å². The van der Waals surface area contributed by atoms with Crippen molar-refractivity contribution >= 4 is 0 Å².